The van der Waals surface area contributed by atoms with Crippen LogP contribution in [-0.2, 0) is 4.79 Å². The van der Waals surface area contributed by atoms with Crippen LogP contribution in [-0.4, -0.2) is 30.1 Å². The van der Waals surface area contributed by atoms with Gasteiger partial charge in [-0.05, 0) is 25.1 Å². The van der Waals surface area contributed by atoms with Crippen LogP contribution >= 0.6 is 11.6 Å². The van der Waals surface area contributed by atoms with Crippen LogP contribution in [0.5, 0.6) is 11.5 Å². The molecule has 142 valence electrons. The number of non-ortho nitro benzene ring substituents is 1. The lowest BCUT2D eigenvalue weighted by atomic mass is 10.2. The number of nitro benzene ring substituents is 1. The number of halogens is 1. The number of ether oxygens (including phenoxy) is 2. The molecule has 2 N–H and O–H groups in total. The standard InChI is InChI=1S/C18H18ClN3O5/c1-11(18(23)21-15-5-4-13(22(24)25)10-14(15)19)20-12-3-6-16-17(9-12)27-8-2-7-26-16/h3-6,9-11,20H,2,7-8H2,1H3,(H,21,23). The number of rotatable bonds is 5. The van der Waals surface area contributed by atoms with E-state index < -0.39 is 11.0 Å². The molecule has 0 saturated carbocycles. The molecule has 0 aliphatic carbocycles. The molecule has 1 amide bonds. The van der Waals surface area contributed by atoms with Gasteiger partial charge in [-0.25, -0.2) is 0 Å². The first-order valence-corrected chi connectivity index (χ1v) is 8.73. The van der Waals surface area contributed by atoms with E-state index >= 15 is 0 Å². The summed E-state index contributed by atoms with van der Waals surface area (Å²) in [6.07, 6.45) is 0.812. The molecule has 1 aliphatic rings. The summed E-state index contributed by atoms with van der Waals surface area (Å²) in [6.45, 7) is 2.87. The molecule has 1 atom stereocenters. The van der Waals surface area contributed by atoms with Crippen molar-refractivity contribution in [1.82, 2.24) is 0 Å². The number of carbonyl (C=O) groups is 1. The summed E-state index contributed by atoms with van der Waals surface area (Å²) >= 11 is 6.01. The SMILES string of the molecule is CC(Nc1ccc2c(c1)OCCCO2)C(=O)Nc1ccc([N+](=O)[O-])cc1Cl. The van der Waals surface area contributed by atoms with Crippen molar-refractivity contribution in [3.8, 4) is 11.5 Å². The second-order valence-corrected chi connectivity index (χ2v) is 6.40. The molecule has 0 bridgehead atoms. The number of anilines is 2. The third-order valence-electron chi connectivity index (χ3n) is 3.95. The van der Waals surface area contributed by atoms with Crippen LogP contribution in [0.4, 0.5) is 17.1 Å². The number of benzene rings is 2. The van der Waals surface area contributed by atoms with E-state index in [1.165, 1.54) is 18.2 Å². The lowest BCUT2D eigenvalue weighted by molar-refractivity contribution is -0.384. The quantitative estimate of drug-likeness (QED) is 0.592. The molecule has 0 spiro atoms. The summed E-state index contributed by atoms with van der Waals surface area (Å²) < 4.78 is 11.2. The van der Waals surface area contributed by atoms with E-state index in [4.69, 9.17) is 21.1 Å². The summed E-state index contributed by atoms with van der Waals surface area (Å²) in [6, 6.07) is 8.67. The van der Waals surface area contributed by atoms with Gasteiger partial charge in [0, 0.05) is 30.3 Å². The van der Waals surface area contributed by atoms with Gasteiger partial charge < -0.3 is 20.1 Å². The average molecular weight is 392 g/mol. The number of nitro groups is 1. The van der Waals surface area contributed by atoms with Crippen molar-refractivity contribution in [2.24, 2.45) is 0 Å². The second-order valence-electron chi connectivity index (χ2n) is 5.99. The highest BCUT2D eigenvalue weighted by atomic mass is 35.5. The largest absolute Gasteiger partial charge is 0.490 e. The van der Waals surface area contributed by atoms with Gasteiger partial charge >= 0.3 is 0 Å². The summed E-state index contributed by atoms with van der Waals surface area (Å²) in [4.78, 5) is 22.6. The van der Waals surface area contributed by atoms with Crippen molar-refractivity contribution in [3.05, 3.63) is 51.5 Å². The number of nitrogens with zero attached hydrogens (tertiary/aromatic N) is 1. The van der Waals surface area contributed by atoms with Gasteiger partial charge in [0.2, 0.25) is 5.91 Å². The summed E-state index contributed by atoms with van der Waals surface area (Å²) in [5.74, 6) is 0.967. The third-order valence-corrected chi connectivity index (χ3v) is 4.26. The fourth-order valence-electron chi connectivity index (χ4n) is 2.53. The average Bonchev–Trinajstić information content (AvgIpc) is 2.88. The predicted octanol–water partition coefficient (Wildman–Crippen LogP) is 3.85. The zero-order valence-corrected chi connectivity index (χ0v) is 15.3. The van der Waals surface area contributed by atoms with Crippen molar-refractivity contribution in [2.45, 2.75) is 19.4 Å². The van der Waals surface area contributed by atoms with Crippen LogP contribution in [0.3, 0.4) is 0 Å². The Hall–Kier alpha value is -3.00. The van der Waals surface area contributed by atoms with Crippen LogP contribution in [0.15, 0.2) is 36.4 Å². The molecule has 27 heavy (non-hydrogen) atoms. The second kappa shape index (κ2) is 8.13. The normalized spacial score (nSPS) is 14.0. The van der Waals surface area contributed by atoms with Gasteiger partial charge in [-0.1, -0.05) is 11.6 Å². The zero-order chi connectivity index (χ0) is 19.4. The minimum atomic E-state index is -0.582. The molecular formula is C18H18ClN3O5. The number of carbonyl (C=O) groups excluding carboxylic acids is 1. The topological polar surface area (TPSA) is 103 Å². The van der Waals surface area contributed by atoms with Crippen LogP contribution < -0.4 is 20.1 Å². The van der Waals surface area contributed by atoms with E-state index in [2.05, 4.69) is 10.6 Å². The maximum Gasteiger partial charge on any atom is 0.271 e. The highest BCUT2D eigenvalue weighted by Crippen LogP contribution is 2.32. The van der Waals surface area contributed by atoms with Crippen LogP contribution in [0.1, 0.15) is 13.3 Å². The van der Waals surface area contributed by atoms with E-state index in [-0.39, 0.29) is 16.6 Å². The Morgan fingerprint density at radius 2 is 1.93 bits per heavy atom. The Kier molecular flexibility index (Phi) is 5.66. The van der Waals surface area contributed by atoms with Crippen LogP contribution in [0.2, 0.25) is 5.02 Å². The van der Waals surface area contributed by atoms with Crippen molar-refractivity contribution >= 4 is 34.6 Å². The molecule has 2 aromatic rings. The minimum Gasteiger partial charge on any atom is -0.490 e. The van der Waals surface area contributed by atoms with Gasteiger partial charge in [0.1, 0.15) is 6.04 Å². The molecular weight excluding hydrogens is 374 g/mol. The number of fused-ring (bicyclic) bond motifs is 1. The Labute approximate surface area is 160 Å². The molecule has 3 rings (SSSR count). The van der Waals surface area contributed by atoms with Gasteiger partial charge in [-0.2, -0.15) is 0 Å². The van der Waals surface area contributed by atoms with Crippen molar-refractivity contribution in [3.63, 3.8) is 0 Å². The number of hydrogen-bond acceptors (Lipinski definition) is 6. The van der Waals surface area contributed by atoms with Gasteiger partial charge in [0.25, 0.3) is 5.69 Å². The molecule has 2 aromatic carbocycles. The molecule has 0 aromatic heterocycles. The van der Waals surface area contributed by atoms with Gasteiger partial charge in [-0.3, -0.25) is 14.9 Å². The molecule has 0 fully saturated rings. The smallest absolute Gasteiger partial charge is 0.271 e. The molecule has 1 aliphatic heterocycles. The lowest BCUT2D eigenvalue weighted by Crippen LogP contribution is -2.31. The Morgan fingerprint density at radius 1 is 1.19 bits per heavy atom. The van der Waals surface area contributed by atoms with Crippen molar-refractivity contribution in [2.75, 3.05) is 23.8 Å². The van der Waals surface area contributed by atoms with Crippen molar-refractivity contribution < 1.29 is 19.2 Å². The van der Waals surface area contributed by atoms with Crippen LogP contribution in [0.25, 0.3) is 0 Å². The predicted molar refractivity (Wildman–Crippen MR) is 102 cm³/mol. The number of nitrogens with one attached hydrogen (secondary N) is 2. The van der Waals surface area contributed by atoms with Crippen LogP contribution in [0, 0.1) is 10.1 Å². The van der Waals surface area contributed by atoms with E-state index in [0.717, 1.165) is 6.42 Å². The molecule has 1 unspecified atom stereocenters. The maximum atomic E-state index is 12.4. The zero-order valence-electron chi connectivity index (χ0n) is 14.5. The van der Waals surface area contributed by atoms with Gasteiger partial charge in [0.05, 0.1) is 28.8 Å². The summed E-state index contributed by atoms with van der Waals surface area (Å²) in [5.41, 5.74) is 0.868. The highest BCUT2D eigenvalue weighted by Gasteiger charge is 2.17. The lowest BCUT2D eigenvalue weighted by Gasteiger charge is -2.17. The monoisotopic (exact) mass is 391 g/mol. The first kappa shape index (κ1) is 18.8. The van der Waals surface area contributed by atoms with E-state index in [9.17, 15) is 14.9 Å². The molecule has 0 radical (unpaired) electrons. The van der Waals surface area contributed by atoms with Gasteiger partial charge in [-0.15, -0.1) is 0 Å². The fourth-order valence-corrected chi connectivity index (χ4v) is 2.75. The first-order valence-electron chi connectivity index (χ1n) is 8.35. The van der Waals surface area contributed by atoms with Gasteiger partial charge in [0.15, 0.2) is 11.5 Å². The van der Waals surface area contributed by atoms with E-state index in [0.29, 0.717) is 36.1 Å². The van der Waals surface area contributed by atoms with E-state index in [1.54, 1.807) is 25.1 Å². The fraction of sp³-hybridized carbons (Fsp3) is 0.278. The molecule has 9 heteroatoms. The Morgan fingerprint density at radius 3 is 2.63 bits per heavy atom. The molecule has 0 saturated heterocycles. The third kappa shape index (κ3) is 4.59. The number of hydrogen-bond donors (Lipinski definition) is 2. The Balaban J connectivity index is 1.66. The number of amides is 1. The Bertz CT molecular complexity index is 874. The minimum absolute atomic E-state index is 0.0975. The van der Waals surface area contributed by atoms with E-state index in [1.807, 2.05) is 0 Å². The first-order chi connectivity index (χ1) is 12.9. The maximum absolute atomic E-state index is 12.4. The van der Waals surface area contributed by atoms with Crippen molar-refractivity contribution in [1.29, 1.82) is 0 Å². The summed E-state index contributed by atoms with van der Waals surface area (Å²) in [7, 11) is 0. The molecule has 1 heterocycles. The summed E-state index contributed by atoms with van der Waals surface area (Å²) in [5, 5.41) is 16.6. The highest BCUT2D eigenvalue weighted by molar-refractivity contribution is 6.34. The molecule has 8 nitrogen and oxygen atoms in total.